The molecule has 204 valence electrons. The molecular formula is C25H28F5NO5S. The Balaban J connectivity index is 1.90. The molecule has 1 atom stereocenters. The van der Waals surface area contributed by atoms with Crippen molar-refractivity contribution in [3.63, 3.8) is 0 Å². The van der Waals surface area contributed by atoms with Crippen molar-refractivity contribution in [3.8, 4) is 5.75 Å². The lowest BCUT2D eigenvalue weighted by molar-refractivity contribution is -0.157. The number of benzene rings is 2. The summed E-state index contributed by atoms with van der Waals surface area (Å²) in [7, 11) is -4.63. The number of rotatable bonds is 7. The zero-order valence-corrected chi connectivity index (χ0v) is 21.5. The first-order valence-corrected chi connectivity index (χ1v) is 12.9. The molecule has 0 fully saturated rings. The molecule has 1 aliphatic rings. The van der Waals surface area contributed by atoms with Crippen molar-refractivity contribution >= 4 is 16.0 Å². The Bertz CT molecular complexity index is 1230. The van der Waals surface area contributed by atoms with Gasteiger partial charge in [0.2, 0.25) is 10.0 Å². The predicted octanol–water partition coefficient (Wildman–Crippen LogP) is 5.89. The summed E-state index contributed by atoms with van der Waals surface area (Å²) >= 11 is 0. The number of ether oxygens (including phenoxy) is 2. The van der Waals surface area contributed by atoms with Crippen LogP contribution in [0.3, 0.4) is 0 Å². The van der Waals surface area contributed by atoms with Gasteiger partial charge in [0.1, 0.15) is 11.4 Å². The summed E-state index contributed by atoms with van der Waals surface area (Å²) in [6.07, 6.45) is -3.69. The predicted molar refractivity (Wildman–Crippen MR) is 125 cm³/mol. The SMILES string of the molecule is CC(C)(C)OC(=O)COc1cccc2c1CCCC2NS(=O)(=O)c1cc(C(C)(F)F)cc(C(F)(F)F)c1. The van der Waals surface area contributed by atoms with Crippen LogP contribution in [0.4, 0.5) is 22.0 Å². The number of hydrogen-bond acceptors (Lipinski definition) is 5. The smallest absolute Gasteiger partial charge is 0.416 e. The second-order valence-electron chi connectivity index (χ2n) is 9.90. The maximum Gasteiger partial charge on any atom is 0.416 e. The van der Waals surface area contributed by atoms with E-state index in [0.29, 0.717) is 55.2 Å². The molecule has 0 saturated carbocycles. The van der Waals surface area contributed by atoms with Crippen LogP contribution >= 0.6 is 0 Å². The summed E-state index contributed by atoms with van der Waals surface area (Å²) in [6, 6.07) is 5.11. The van der Waals surface area contributed by atoms with Crippen LogP contribution in [-0.2, 0) is 38.1 Å². The van der Waals surface area contributed by atoms with Crippen molar-refractivity contribution < 1.29 is 44.6 Å². The molecule has 12 heteroatoms. The third-order valence-corrected chi connectivity index (χ3v) is 7.03. The summed E-state index contributed by atoms with van der Waals surface area (Å²) in [5, 5.41) is 0. The number of alkyl halides is 5. The van der Waals surface area contributed by atoms with E-state index in [4.69, 9.17) is 9.47 Å². The molecule has 0 spiro atoms. The van der Waals surface area contributed by atoms with E-state index in [1.165, 1.54) is 0 Å². The molecule has 2 aromatic rings. The van der Waals surface area contributed by atoms with Gasteiger partial charge in [0, 0.05) is 18.5 Å². The Morgan fingerprint density at radius 2 is 1.68 bits per heavy atom. The zero-order chi connectivity index (χ0) is 27.8. The summed E-state index contributed by atoms with van der Waals surface area (Å²) in [5.74, 6) is -3.94. The van der Waals surface area contributed by atoms with Gasteiger partial charge in [-0.2, -0.15) is 13.2 Å². The zero-order valence-electron chi connectivity index (χ0n) is 20.7. The molecule has 0 heterocycles. The third kappa shape index (κ3) is 7.41. The summed E-state index contributed by atoms with van der Waals surface area (Å²) < 4.78 is 107. The van der Waals surface area contributed by atoms with Gasteiger partial charge in [0.25, 0.3) is 5.92 Å². The summed E-state index contributed by atoms with van der Waals surface area (Å²) in [5.41, 5.74) is -2.11. The highest BCUT2D eigenvalue weighted by Crippen LogP contribution is 2.39. The Morgan fingerprint density at radius 3 is 2.27 bits per heavy atom. The molecule has 1 N–H and O–H groups in total. The van der Waals surface area contributed by atoms with Gasteiger partial charge in [-0.15, -0.1) is 0 Å². The van der Waals surface area contributed by atoms with E-state index in [1.54, 1.807) is 39.0 Å². The maximum absolute atomic E-state index is 13.9. The first-order valence-electron chi connectivity index (χ1n) is 11.5. The molecule has 6 nitrogen and oxygen atoms in total. The lowest BCUT2D eigenvalue weighted by Gasteiger charge is -2.28. The van der Waals surface area contributed by atoms with Gasteiger partial charge in [-0.05, 0) is 75.4 Å². The second-order valence-corrected chi connectivity index (χ2v) is 11.6. The number of fused-ring (bicyclic) bond motifs is 1. The van der Waals surface area contributed by atoms with Gasteiger partial charge in [-0.3, -0.25) is 0 Å². The van der Waals surface area contributed by atoms with Crippen molar-refractivity contribution in [2.75, 3.05) is 6.61 Å². The van der Waals surface area contributed by atoms with Gasteiger partial charge >= 0.3 is 12.1 Å². The minimum atomic E-state index is -5.02. The van der Waals surface area contributed by atoms with Crippen molar-refractivity contribution in [1.29, 1.82) is 0 Å². The molecule has 0 radical (unpaired) electrons. The Hall–Kier alpha value is -2.73. The summed E-state index contributed by atoms with van der Waals surface area (Å²) in [4.78, 5) is 11.1. The molecule has 0 aliphatic heterocycles. The number of carbonyl (C=O) groups is 1. The standard InChI is InChI=1S/C25H28F5NO5S/c1-23(2,3)36-22(32)14-35-21-10-6-7-18-19(21)8-5-9-20(18)31-37(33,34)17-12-15(24(4,26)27)11-16(13-17)25(28,29)30/h6-7,10-13,20,31H,5,8-9,14H2,1-4H3. The lowest BCUT2D eigenvalue weighted by Crippen LogP contribution is -2.32. The van der Waals surface area contributed by atoms with Crippen LogP contribution in [-0.4, -0.2) is 26.6 Å². The van der Waals surface area contributed by atoms with E-state index in [1.807, 2.05) is 0 Å². The fourth-order valence-corrected chi connectivity index (χ4v) is 5.33. The van der Waals surface area contributed by atoms with E-state index in [2.05, 4.69) is 4.72 Å². The van der Waals surface area contributed by atoms with E-state index >= 15 is 0 Å². The van der Waals surface area contributed by atoms with Crippen LogP contribution in [0, 0.1) is 0 Å². The van der Waals surface area contributed by atoms with Crippen LogP contribution in [0.1, 0.15) is 68.8 Å². The van der Waals surface area contributed by atoms with Crippen molar-refractivity contribution in [2.45, 2.75) is 75.6 Å². The quantitative estimate of drug-likeness (QED) is 0.344. The van der Waals surface area contributed by atoms with Crippen LogP contribution < -0.4 is 9.46 Å². The van der Waals surface area contributed by atoms with Gasteiger partial charge in [0.05, 0.1) is 10.5 Å². The molecule has 37 heavy (non-hydrogen) atoms. The van der Waals surface area contributed by atoms with Crippen molar-refractivity contribution in [3.05, 3.63) is 58.7 Å². The molecule has 0 amide bonds. The first-order chi connectivity index (χ1) is 16.9. The van der Waals surface area contributed by atoms with Crippen molar-refractivity contribution in [2.24, 2.45) is 0 Å². The van der Waals surface area contributed by atoms with E-state index in [0.717, 1.165) is 0 Å². The molecule has 0 bridgehead atoms. The minimum Gasteiger partial charge on any atom is -0.482 e. The van der Waals surface area contributed by atoms with Gasteiger partial charge in [-0.1, -0.05) is 12.1 Å². The number of carbonyl (C=O) groups excluding carboxylic acids is 1. The maximum atomic E-state index is 13.9. The molecular weight excluding hydrogens is 521 g/mol. The Morgan fingerprint density at radius 1 is 1.03 bits per heavy atom. The van der Waals surface area contributed by atoms with Gasteiger partial charge < -0.3 is 9.47 Å². The monoisotopic (exact) mass is 549 g/mol. The second kappa shape index (κ2) is 10.2. The van der Waals surface area contributed by atoms with E-state index < -0.39 is 55.8 Å². The van der Waals surface area contributed by atoms with Crippen molar-refractivity contribution in [1.82, 2.24) is 4.72 Å². The van der Waals surface area contributed by atoms with E-state index in [9.17, 15) is 35.2 Å². The first kappa shape index (κ1) is 28.8. The fraction of sp³-hybridized carbons (Fsp3) is 0.480. The van der Waals surface area contributed by atoms with Crippen LogP contribution in [0.15, 0.2) is 41.3 Å². The van der Waals surface area contributed by atoms with Crippen LogP contribution in [0.2, 0.25) is 0 Å². The average molecular weight is 550 g/mol. The lowest BCUT2D eigenvalue weighted by atomic mass is 9.87. The number of hydrogen-bond donors (Lipinski definition) is 1. The highest BCUT2D eigenvalue weighted by molar-refractivity contribution is 7.89. The van der Waals surface area contributed by atoms with Gasteiger partial charge in [-0.25, -0.2) is 26.7 Å². The molecule has 3 rings (SSSR count). The molecule has 0 saturated heterocycles. The van der Waals surface area contributed by atoms with E-state index in [-0.39, 0.29) is 12.7 Å². The average Bonchev–Trinajstić information content (AvgIpc) is 2.75. The molecule has 1 aliphatic carbocycles. The Kier molecular flexibility index (Phi) is 7.95. The highest BCUT2D eigenvalue weighted by atomic mass is 32.2. The Labute approximate surface area is 212 Å². The summed E-state index contributed by atoms with van der Waals surface area (Å²) in [6.45, 7) is 5.15. The fourth-order valence-electron chi connectivity index (χ4n) is 4.01. The molecule has 2 aromatic carbocycles. The van der Waals surface area contributed by atoms with Crippen LogP contribution in [0.5, 0.6) is 5.75 Å². The largest absolute Gasteiger partial charge is 0.482 e. The van der Waals surface area contributed by atoms with Gasteiger partial charge in [0.15, 0.2) is 6.61 Å². The number of esters is 1. The highest BCUT2D eigenvalue weighted by Gasteiger charge is 2.37. The minimum absolute atomic E-state index is 0.239. The third-order valence-electron chi connectivity index (χ3n) is 5.58. The number of sulfonamides is 1. The molecule has 0 aromatic heterocycles. The van der Waals surface area contributed by atoms with Crippen LogP contribution in [0.25, 0.3) is 0 Å². The normalized spacial score (nSPS) is 16.7. The number of halogens is 5. The number of nitrogens with one attached hydrogen (secondary N) is 1. The topological polar surface area (TPSA) is 81.7 Å². The molecule has 1 unspecified atom stereocenters.